The van der Waals surface area contributed by atoms with Crippen molar-refractivity contribution < 1.29 is 22.7 Å². The number of nitrogens with zero attached hydrogens (tertiary/aromatic N) is 1. The van der Waals surface area contributed by atoms with Gasteiger partial charge in [0.15, 0.2) is 0 Å². The average molecular weight is 330 g/mol. The van der Waals surface area contributed by atoms with E-state index in [0.29, 0.717) is 17.9 Å². The summed E-state index contributed by atoms with van der Waals surface area (Å²) >= 11 is 0. The van der Waals surface area contributed by atoms with Gasteiger partial charge < -0.3 is 4.74 Å². The molecule has 0 aromatic heterocycles. The van der Waals surface area contributed by atoms with E-state index >= 15 is 0 Å². The Labute approximate surface area is 133 Å². The van der Waals surface area contributed by atoms with Crippen LogP contribution in [-0.2, 0) is 11.2 Å². The number of hydrazine groups is 1. The lowest BCUT2D eigenvalue weighted by Crippen LogP contribution is -2.57. The number of nitrogens with one attached hydrogen (secondary N) is 1. The van der Waals surface area contributed by atoms with E-state index in [-0.39, 0.29) is 12.8 Å². The molecule has 1 N–H and O–H groups in total. The molecule has 128 valence electrons. The summed E-state index contributed by atoms with van der Waals surface area (Å²) in [5.41, 5.74) is 1.97. The second-order valence-electron chi connectivity index (χ2n) is 6.24. The van der Waals surface area contributed by atoms with Gasteiger partial charge in [0.05, 0.1) is 6.61 Å². The molecule has 1 aromatic carbocycles. The zero-order valence-corrected chi connectivity index (χ0v) is 13.4. The maximum atomic E-state index is 13.6. The summed E-state index contributed by atoms with van der Waals surface area (Å²) in [6, 6.07) is 4.82. The molecule has 1 aromatic rings. The molecule has 23 heavy (non-hydrogen) atoms. The van der Waals surface area contributed by atoms with E-state index in [0.717, 1.165) is 5.01 Å². The van der Waals surface area contributed by atoms with Crippen molar-refractivity contribution in [1.82, 2.24) is 10.4 Å². The van der Waals surface area contributed by atoms with E-state index in [2.05, 4.69) is 5.43 Å². The van der Waals surface area contributed by atoms with E-state index in [1.807, 2.05) is 6.92 Å². The largest absolute Gasteiger partial charge is 0.494 e. The lowest BCUT2D eigenvalue weighted by atomic mass is 9.97. The number of carbonyl (C=O) groups is 1. The number of alkyl halides is 3. The van der Waals surface area contributed by atoms with Crippen LogP contribution in [0.4, 0.5) is 13.2 Å². The SMILES string of the molecule is CCOc1cccc(C[C@H](N2NC(=O)CC2(C)C)C(F)(F)F)c1. The van der Waals surface area contributed by atoms with E-state index in [4.69, 9.17) is 4.74 Å². The van der Waals surface area contributed by atoms with Crippen LogP contribution in [0.3, 0.4) is 0 Å². The molecule has 2 rings (SSSR count). The van der Waals surface area contributed by atoms with Gasteiger partial charge in [-0.05, 0) is 44.9 Å². The highest BCUT2D eigenvalue weighted by Gasteiger charge is 2.51. The topological polar surface area (TPSA) is 41.6 Å². The fourth-order valence-electron chi connectivity index (χ4n) is 2.81. The highest BCUT2D eigenvalue weighted by Crippen LogP contribution is 2.35. The summed E-state index contributed by atoms with van der Waals surface area (Å²) in [6.07, 6.45) is -4.68. The Hall–Kier alpha value is -1.76. The molecular weight excluding hydrogens is 309 g/mol. The summed E-state index contributed by atoms with van der Waals surface area (Å²) in [4.78, 5) is 11.6. The minimum atomic E-state index is -4.46. The first-order valence-corrected chi connectivity index (χ1v) is 7.51. The Kier molecular flexibility index (Phi) is 4.89. The highest BCUT2D eigenvalue weighted by molar-refractivity contribution is 5.78. The van der Waals surface area contributed by atoms with Crippen LogP contribution in [0.1, 0.15) is 32.8 Å². The minimum absolute atomic E-state index is 0.0402. The summed E-state index contributed by atoms with van der Waals surface area (Å²) in [5, 5.41) is 1.03. The van der Waals surface area contributed by atoms with Crippen molar-refractivity contribution in [2.24, 2.45) is 0 Å². The van der Waals surface area contributed by atoms with E-state index < -0.39 is 23.7 Å². The first-order valence-electron chi connectivity index (χ1n) is 7.51. The monoisotopic (exact) mass is 330 g/mol. The average Bonchev–Trinajstić information content (AvgIpc) is 2.68. The molecule has 7 heteroatoms. The third kappa shape index (κ3) is 4.16. The van der Waals surface area contributed by atoms with Crippen molar-refractivity contribution in [3.05, 3.63) is 29.8 Å². The number of carbonyl (C=O) groups excluding carboxylic acids is 1. The fourth-order valence-corrected chi connectivity index (χ4v) is 2.81. The van der Waals surface area contributed by atoms with Gasteiger partial charge >= 0.3 is 6.18 Å². The quantitative estimate of drug-likeness (QED) is 0.902. The molecule has 4 nitrogen and oxygen atoms in total. The van der Waals surface area contributed by atoms with Crippen molar-refractivity contribution in [3.63, 3.8) is 0 Å². The van der Waals surface area contributed by atoms with Crippen LogP contribution in [0, 0.1) is 0 Å². The van der Waals surface area contributed by atoms with Gasteiger partial charge in [-0.15, -0.1) is 0 Å². The minimum Gasteiger partial charge on any atom is -0.494 e. The number of amides is 1. The molecule has 1 atom stereocenters. The smallest absolute Gasteiger partial charge is 0.406 e. The van der Waals surface area contributed by atoms with E-state index in [9.17, 15) is 18.0 Å². The van der Waals surface area contributed by atoms with Gasteiger partial charge in [-0.2, -0.15) is 13.2 Å². The van der Waals surface area contributed by atoms with Crippen LogP contribution in [0.5, 0.6) is 5.75 Å². The molecule has 1 heterocycles. The molecule has 1 amide bonds. The van der Waals surface area contributed by atoms with Crippen molar-refractivity contribution in [2.75, 3.05) is 6.61 Å². The zero-order chi connectivity index (χ0) is 17.3. The molecular formula is C16H21F3N2O2. The first kappa shape index (κ1) is 17.6. The molecule has 0 bridgehead atoms. The van der Waals surface area contributed by atoms with Crippen LogP contribution >= 0.6 is 0 Å². The molecule has 1 aliphatic heterocycles. The Morgan fingerprint density at radius 2 is 2.09 bits per heavy atom. The summed E-state index contributed by atoms with van der Waals surface area (Å²) in [7, 11) is 0. The van der Waals surface area contributed by atoms with Gasteiger partial charge in [-0.3, -0.25) is 10.2 Å². The summed E-state index contributed by atoms with van der Waals surface area (Å²) < 4.78 is 46.0. The Morgan fingerprint density at radius 1 is 1.39 bits per heavy atom. The number of benzene rings is 1. The van der Waals surface area contributed by atoms with Crippen molar-refractivity contribution >= 4 is 5.91 Å². The van der Waals surface area contributed by atoms with Gasteiger partial charge in [0, 0.05) is 12.0 Å². The molecule has 0 radical (unpaired) electrons. The van der Waals surface area contributed by atoms with Crippen molar-refractivity contribution in [3.8, 4) is 5.75 Å². The first-order chi connectivity index (χ1) is 10.6. The third-order valence-electron chi connectivity index (χ3n) is 3.82. The molecule has 0 aliphatic carbocycles. The highest BCUT2D eigenvalue weighted by atomic mass is 19.4. The Morgan fingerprint density at radius 3 is 2.61 bits per heavy atom. The normalized spacial score (nSPS) is 19.5. The molecule has 0 unspecified atom stereocenters. The van der Waals surface area contributed by atoms with Gasteiger partial charge in [-0.1, -0.05) is 12.1 Å². The number of hydrogen-bond acceptors (Lipinski definition) is 3. The number of hydrogen-bond donors (Lipinski definition) is 1. The standard InChI is InChI=1S/C16H21F3N2O2/c1-4-23-12-7-5-6-11(8-12)9-13(16(17,18)19)21-15(2,3)10-14(22)20-21/h5-8,13H,4,9-10H2,1-3H3,(H,20,22)/t13-/m0/s1. The lowest BCUT2D eigenvalue weighted by Gasteiger charge is -2.37. The third-order valence-corrected chi connectivity index (χ3v) is 3.82. The molecule has 1 saturated heterocycles. The van der Waals surface area contributed by atoms with Crippen molar-refractivity contribution in [2.45, 2.75) is 51.4 Å². The van der Waals surface area contributed by atoms with Crippen LogP contribution in [0.2, 0.25) is 0 Å². The van der Waals surface area contributed by atoms with Crippen LogP contribution in [-0.4, -0.2) is 35.3 Å². The maximum Gasteiger partial charge on any atom is 0.406 e. The van der Waals surface area contributed by atoms with Gasteiger partial charge in [0.1, 0.15) is 11.8 Å². The molecule has 1 aliphatic rings. The number of ether oxygens (including phenoxy) is 1. The second-order valence-corrected chi connectivity index (χ2v) is 6.24. The predicted molar refractivity (Wildman–Crippen MR) is 79.8 cm³/mol. The van der Waals surface area contributed by atoms with Gasteiger partial charge in [0.2, 0.25) is 5.91 Å². The molecule has 0 saturated carbocycles. The fraction of sp³-hybridized carbons (Fsp3) is 0.562. The number of halogens is 3. The lowest BCUT2D eigenvalue weighted by molar-refractivity contribution is -0.200. The molecule has 0 spiro atoms. The zero-order valence-electron chi connectivity index (χ0n) is 13.4. The summed E-state index contributed by atoms with van der Waals surface area (Å²) in [6.45, 7) is 5.51. The number of rotatable bonds is 5. The Balaban J connectivity index is 2.27. The van der Waals surface area contributed by atoms with Gasteiger partial charge in [0.25, 0.3) is 0 Å². The maximum absolute atomic E-state index is 13.6. The van der Waals surface area contributed by atoms with Gasteiger partial charge in [-0.25, -0.2) is 5.01 Å². The Bertz CT molecular complexity index is 573. The van der Waals surface area contributed by atoms with Crippen LogP contribution in [0.25, 0.3) is 0 Å². The molecule has 1 fully saturated rings. The van der Waals surface area contributed by atoms with Crippen LogP contribution in [0.15, 0.2) is 24.3 Å². The predicted octanol–water partition coefficient (Wildman–Crippen LogP) is 3.07. The van der Waals surface area contributed by atoms with Crippen LogP contribution < -0.4 is 10.2 Å². The second kappa shape index (κ2) is 6.39. The summed E-state index contributed by atoms with van der Waals surface area (Å²) in [5.74, 6) is 0.142. The van der Waals surface area contributed by atoms with Crippen molar-refractivity contribution in [1.29, 1.82) is 0 Å². The van der Waals surface area contributed by atoms with E-state index in [1.54, 1.807) is 38.1 Å². The van der Waals surface area contributed by atoms with E-state index in [1.165, 1.54) is 0 Å².